The van der Waals surface area contributed by atoms with E-state index in [4.69, 9.17) is 9.68 Å². The zero-order valence-corrected chi connectivity index (χ0v) is 11.0. The molecule has 1 N–H and O–H groups in total. The lowest BCUT2D eigenvalue weighted by molar-refractivity contribution is -0.141. The Hall–Kier alpha value is -2.56. The fourth-order valence-corrected chi connectivity index (χ4v) is 1.59. The van der Waals surface area contributed by atoms with Gasteiger partial charge in [0, 0.05) is 6.42 Å². The fourth-order valence-electron chi connectivity index (χ4n) is 1.59. The molecule has 0 saturated heterocycles. The van der Waals surface area contributed by atoms with Crippen molar-refractivity contribution in [3.63, 3.8) is 0 Å². The van der Waals surface area contributed by atoms with Gasteiger partial charge in [-0.3, -0.25) is 0 Å². The van der Waals surface area contributed by atoms with Crippen molar-refractivity contribution in [1.82, 2.24) is 9.97 Å². The molecule has 5 nitrogen and oxygen atoms in total. The predicted molar refractivity (Wildman–Crippen MR) is 67.2 cm³/mol. The molecule has 0 aliphatic heterocycles. The van der Waals surface area contributed by atoms with Crippen LogP contribution in [0.3, 0.4) is 0 Å². The van der Waals surface area contributed by atoms with Crippen LogP contribution in [0.1, 0.15) is 29.8 Å². The second-order valence-corrected chi connectivity index (χ2v) is 4.13. The van der Waals surface area contributed by atoms with Crippen LogP contribution in [-0.4, -0.2) is 9.97 Å². The van der Waals surface area contributed by atoms with Gasteiger partial charge in [0.25, 0.3) is 0 Å². The molecule has 2 rings (SSSR count). The van der Waals surface area contributed by atoms with E-state index in [1.807, 2.05) is 6.92 Å². The van der Waals surface area contributed by atoms with Gasteiger partial charge in [-0.2, -0.15) is 18.4 Å². The average Bonchev–Trinajstić information content (AvgIpc) is 2.91. The maximum absolute atomic E-state index is 12.6. The van der Waals surface area contributed by atoms with Crippen LogP contribution in [0.25, 0.3) is 0 Å². The van der Waals surface area contributed by atoms with Gasteiger partial charge in [0.15, 0.2) is 0 Å². The summed E-state index contributed by atoms with van der Waals surface area (Å²) in [7, 11) is 0. The largest absolute Gasteiger partial charge is 0.444 e. The standard InChI is InChI=1S/C13H11F3N4O/c1-2-9-6-18-11(21-9)7-19-12-8(5-17)3-4-10(20-12)13(14,15)16/h3-4,6H,2,7H2,1H3,(H,19,20). The third kappa shape index (κ3) is 3.51. The first-order valence-corrected chi connectivity index (χ1v) is 6.09. The SMILES string of the molecule is CCc1cnc(CNc2nc(C(F)(F)F)ccc2C#N)o1. The Morgan fingerprint density at radius 3 is 2.71 bits per heavy atom. The molecular weight excluding hydrogens is 285 g/mol. The molecule has 0 aliphatic rings. The molecule has 110 valence electrons. The minimum absolute atomic E-state index is 0.0188. The highest BCUT2D eigenvalue weighted by atomic mass is 19.4. The Morgan fingerprint density at radius 1 is 1.38 bits per heavy atom. The summed E-state index contributed by atoms with van der Waals surface area (Å²) in [6.45, 7) is 1.93. The third-order valence-corrected chi connectivity index (χ3v) is 2.66. The van der Waals surface area contributed by atoms with Crippen LogP contribution in [0.15, 0.2) is 22.7 Å². The summed E-state index contributed by atoms with van der Waals surface area (Å²) in [6, 6.07) is 3.63. The lowest BCUT2D eigenvalue weighted by atomic mass is 10.2. The minimum atomic E-state index is -4.57. The topological polar surface area (TPSA) is 74.7 Å². The van der Waals surface area contributed by atoms with Crippen molar-refractivity contribution in [2.45, 2.75) is 26.1 Å². The quantitative estimate of drug-likeness (QED) is 0.938. The van der Waals surface area contributed by atoms with E-state index in [2.05, 4.69) is 15.3 Å². The van der Waals surface area contributed by atoms with Crippen LogP contribution in [0.2, 0.25) is 0 Å². The summed E-state index contributed by atoms with van der Waals surface area (Å²) in [4.78, 5) is 7.40. The number of oxazole rings is 1. The molecule has 2 aromatic heterocycles. The fraction of sp³-hybridized carbons (Fsp3) is 0.308. The normalized spacial score (nSPS) is 11.2. The van der Waals surface area contributed by atoms with Crippen molar-refractivity contribution in [3.8, 4) is 6.07 Å². The molecular formula is C13H11F3N4O. The number of aryl methyl sites for hydroxylation is 1. The molecule has 0 spiro atoms. The molecule has 0 radical (unpaired) electrons. The molecule has 8 heteroatoms. The first-order valence-electron chi connectivity index (χ1n) is 6.09. The number of anilines is 1. The van der Waals surface area contributed by atoms with Gasteiger partial charge in [0.2, 0.25) is 5.89 Å². The summed E-state index contributed by atoms with van der Waals surface area (Å²) >= 11 is 0. The number of nitriles is 1. The molecule has 0 bridgehead atoms. The first kappa shape index (κ1) is 14.8. The molecule has 0 aliphatic carbocycles. The molecule has 0 unspecified atom stereocenters. The number of hydrogen-bond donors (Lipinski definition) is 1. The van der Waals surface area contributed by atoms with E-state index in [1.165, 1.54) is 0 Å². The highest BCUT2D eigenvalue weighted by molar-refractivity contribution is 5.52. The van der Waals surface area contributed by atoms with Gasteiger partial charge in [-0.25, -0.2) is 9.97 Å². The van der Waals surface area contributed by atoms with Gasteiger partial charge < -0.3 is 9.73 Å². The summed E-state index contributed by atoms with van der Waals surface area (Å²) in [5.41, 5.74) is -1.05. The molecule has 0 fully saturated rings. The Balaban J connectivity index is 2.20. The smallest absolute Gasteiger partial charge is 0.433 e. The highest BCUT2D eigenvalue weighted by Gasteiger charge is 2.33. The van der Waals surface area contributed by atoms with Crippen molar-refractivity contribution in [1.29, 1.82) is 5.26 Å². The number of aromatic nitrogens is 2. The number of nitrogens with one attached hydrogen (secondary N) is 1. The van der Waals surface area contributed by atoms with Crippen LogP contribution in [0.4, 0.5) is 19.0 Å². The number of hydrogen-bond acceptors (Lipinski definition) is 5. The molecule has 2 aromatic rings. The van der Waals surface area contributed by atoms with Crippen molar-refractivity contribution in [2.24, 2.45) is 0 Å². The molecule has 0 aromatic carbocycles. The summed E-state index contributed by atoms with van der Waals surface area (Å²) in [5.74, 6) is 0.836. The van der Waals surface area contributed by atoms with Gasteiger partial charge in [-0.15, -0.1) is 0 Å². The Kier molecular flexibility index (Phi) is 4.12. The lowest BCUT2D eigenvalue weighted by Crippen LogP contribution is -2.11. The minimum Gasteiger partial charge on any atom is -0.444 e. The van der Waals surface area contributed by atoms with E-state index in [0.717, 1.165) is 12.1 Å². The van der Waals surface area contributed by atoms with Crippen LogP contribution >= 0.6 is 0 Å². The molecule has 0 saturated carbocycles. The van der Waals surface area contributed by atoms with Gasteiger partial charge in [0.1, 0.15) is 23.3 Å². The van der Waals surface area contributed by atoms with Gasteiger partial charge >= 0.3 is 6.18 Å². The zero-order chi connectivity index (χ0) is 15.5. The third-order valence-electron chi connectivity index (χ3n) is 2.66. The van der Waals surface area contributed by atoms with Gasteiger partial charge in [0.05, 0.1) is 18.3 Å². The maximum atomic E-state index is 12.6. The van der Waals surface area contributed by atoms with E-state index in [-0.39, 0.29) is 17.9 Å². The van der Waals surface area contributed by atoms with Crippen LogP contribution in [0.5, 0.6) is 0 Å². The van der Waals surface area contributed by atoms with Gasteiger partial charge in [-0.05, 0) is 12.1 Å². The number of nitrogens with zero attached hydrogens (tertiary/aromatic N) is 3. The van der Waals surface area contributed by atoms with Crippen molar-refractivity contribution in [2.75, 3.05) is 5.32 Å². The van der Waals surface area contributed by atoms with Crippen molar-refractivity contribution in [3.05, 3.63) is 41.2 Å². The summed E-state index contributed by atoms with van der Waals surface area (Å²) in [6.07, 6.45) is -2.36. The van der Waals surface area contributed by atoms with Crippen molar-refractivity contribution < 1.29 is 17.6 Å². The maximum Gasteiger partial charge on any atom is 0.433 e. The van der Waals surface area contributed by atoms with E-state index in [1.54, 1.807) is 12.3 Å². The Bertz CT molecular complexity index is 673. The number of rotatable bonds is 4. The van der Waals surface area contributed by atoms with E-state index < -0.39 is 11.9 Å². The predicted octanol–water partition coefficient (Wildman–Crippen LogP) is 3.13. The highest BCUT2D eigenvalue weighted by Crippen LogP contribution is 2.29. The monoisotopic (exact) mass is 296 g/mol. The zero-order valence-electron chi connectivity index (χ0n) is 11.0. The second-order valence-electron chi connectivity index (χ2n) is 4.13. The average molecular weight is 296 g/mol. The van der Waals surface area contributed by atoms with Crippen molar-refractivity contribution >= 4 is 5.82 Å². The summed E-state index contributed by atoms with van der Waals surface area (Å²) in [5, 5.41) is 11.5. The van der Waals surface area contributed by atoms with Gasteiger partial charge in [-0.1, -0.05) is 6.92 Å². The van der Waals surface area contributed by atoms with Crippen LogP contribution < -0.4 is 5.32 Å². The van der Waals surface area contributed by atoms with Crippen LogP contribution in [-0.2, 0) is 19.1 Å². The molecule has 2 heterocycles. The molecule has 0 amide bonds. The summed E-state index contributed by atoms with van der Waals surface area (Å²) < 4.78 is 43.2. The van der Waals surface area contributed by atoms with Crippen LogP contribution in [0, 0.1) is 11.3 Å². The lowest BCUT2D eigenvalue weighted by Gasteiger charge is -2.10. The van der Waals surface area contributed by atoms with E-state index in [0.29, 0.717) is 18.1 Å². The number of halogens is 3. The Labute approximate surface area is 118 Å². The first-order chi connectivity index (χ1) is 9.94. The van der Waals surface area contributed by atoms with E-state index >= 15 is 0 Å². The Morgan fingerprint density at radius 2 is 2.14 bits per heavy atom. The van der Waals surface area contributed by atoms with E-state index in [9.17, 15) is 13.2 Å². The number of alkyl halides is 3. The molecule has 21 heavy (non-hydrogen) atoms. The number of pyridine rings is 1. The molecule has 0 atom stereocenters. The second kappa shape index (κ2) is 5.83.